The minimum Gasteiger partial charge on any atom is -0.371 e. The zero-order chi connectivity index (χ0) is 16.8. The molecular weight excluding hydrogens is 296 g/mol. The van der Waals surface area contributed by atoms with Gasteiger partial charge < -0.3 is 15.5 Å². The van der Waals surface area contributed by atoms with Crippen molar-refractivity contribution in [1.29, 1.82) is 0 Å². The van der Waals surface area contributed by atoms with Crippen molar-refractivity contribution in [1.82, 2.24) is 9.80 Å². The van der Waals surface area contributed by atoms with Gasteiger partial charge in [-0.05, 0) is 37.1 Å². The Labute approximate surface area is 145 Å². The molecule has 0 aromatic heterocycles. The second kappa shape index (κ2) is 8.27. The molecule has 2 N–H and O–H groups in total. The molecule has 0 aliphatic carbocycles. The van der Waals surface area contributed by atoms with Crippen LogP contribution in [0.1, 0.15) is 24.0 Å². The number of aryl methyl sites for hydroxylation is 1. The number of rotatable bonds is 5. The molecule has 2 aliphatic heterocycles. The first kappa shape index (κ1) is 16.9. The van der Waals surface area contributed by atoms with Gasteiger partial charge in [-0.15, -0.1) is 0 Å². The molecule has 2 aliphatic rings. The summed E-state index contributed by atoms with van der Waals surface area (Å²) in [6.45, 7) is 5.09. The molecule has 0 bridgehead atoms. The van der Waals surface area contributed by atoms with Crippen molar-refractivity contribution in [2.45, 2.75) is 25.8 Å². The van der Waals surface area contributed by atoms with Gasteiger partial charge in [-0.2, -0.15) is 0 Å². The maximum Gasteiger partial charge on any atom is 0.0466 e. The second-order valence-electron chi connectivity index (χ2n) is 6.66. The van der Waals surface area contributed by atoms with Crippen molar-refractivity contribution < 1.29 is 0 Å². The molecule has 0 radical (unpaired) electrons. The topological polar surface area (TPSA) is 44.9 Å². The largest absolute Gasteiger partial charge is 0.371 e. The van der Waals surface area contributed by atoms with Gasteiger partial charge in [0.2, 0.25) is 0 Å². The fraction of sp³-hybridized carbons (Fsp3) is 0.450. The van der Waals surface area contributed by atoms with Gasteiger partial charge in [0.15, 0.2) is 0 Å². The van der Waals surface area contributed by atoms with E-state index < -0.39 is 0 Å². The highest BCUT2D eigenvalue weighted by Gasteiger charge is 2.16. The fourth-order valence-electron chi connectivity index (χ4n) is 3.14. The minimum absolute atomic E-state index is 0.607. The summed E-state index contributed by atoms with van der Waals surface area (Å²) in [6, 6.07) is 8.58. The lowest BCUT2D eigenvalue weighted by Gasteiger charge is -2.35. The molecule has 1 aromatic carbocycles. The van der Waals surface area contributed by atoms with Crippen molar-refractivity contribution in [2.24, 2.45) is 10.7 Å². The van der Waals surface area contributed by atoms with Gasteiger partial charge in [-0.1, -0.05) is 30.3 Å². The molecule has 24 heavy (non-hydrogen) atoms. The Kier molecular flexibility index (Phi) is 5.83. The standard InChI is InChI=1S/C20H28N4/c1-23-11-13-24(14-12-23)20-4-2-3-19(22-16-20)10-9-17-5-7-18(15-21)8-6-17/h2-3,5-8,16H,4,9-15,21H2,1H3. The summed E-state index contributed by atoms with van der Waals surface area (Å²) in [5, 5.41) is 0. The van der Waals surface area contributed by atoms with Crippen LogP contribution in [-0.4, -0.2) is 48.7 Å². The number of hydrogen-bond donors (Lipinski definition) is 1. The molecule has 1 saturated heterocycles. The first-order valence-electron chi connectivity index (χ1n) is 8.88. The Morgan fingerprint density at radius 3 is 2.42 bits per heavy atom. The van der Waals surface area contributed by atoms with Gasteiger partial charge in [0.05, 0.1) is 0 Å². The van der Waals surface area contributed by atoms with Gasteiger partial charge >= 0.3 is 0 Å². The van der Waals surface area contributed by atoms with E-state index in [1.54, 1.807) is 0 Å². The number of allylic oxidation sites excluding steroid dienone is 2. The smallest absolute Gasteiger partial charge is 0.0466 e. The van der Waals surface area contributed by atoms with Crippen molar-refractivity contribution in [2.75, 3.05) is 33.2 Å². The second-order valence-corrected chi connectivity index (χ2v) is 6.66. The lowest BCUT2D eigenvalue weighted by atomic mass is 10.0. The Bertz CT molecular complexity index is 620. The SMILES string of the molecule is CN1CCN(C2=CN=C(CCc3ccc(CN)cc3)C=CC2)CC1. The summed E-state index contributed by atoms with van der Waals surface area (Å²) in [5.74, 6) is 0. The summed E-state index contributed by atoms with van der Waals surface area (Å²) >= 11 is 0. The van der Waals surface area contributed by atoms with Gasteiger partial charge in [0.1, 0.15) is 0 Å². The Balaban J connectivity index is 1.57. The van der Waals surface area contributed by atoms with E-state index >= 15 is 0 Å². The molecule has 0 unspecified atom stereocenters. The van der Waals surface area contributed by atoms with E-state index in [4.69, 9.17) is 10.7 Å². The Morgan fingerprint density at radius 1 is 1.00 bits per heavy atom. The van der Waals surface area contributed by atoms with E-state index in [0.29, 0.717) is 6.54 Å². The van der Waals surface area contributed by atoms with E-state index in [0.717, 1.165) is 45.4 Å². The average molecular weight is 324 g/mol. The van der Waals surface area contributed by atoms with Crippen LogP contribution in [0.4, 0.5) is 0 Å². The Morgan fingerprint density at radius 2 is 1.71 bits per heavy atom. The van der Waals surface area contributed by atoms with Crippen LogP contribution in [-0.2, 0) is 13.0 Å². The third kappa shape index (κ3) is 4.56. The van der Waals surface area contributed by atoms with Crippen LogP contribution in [0, 0.1) is 0 Å². The van der Waals surface area contributed by atoms with Gasteiger partial charge in [0.25, 0.3) is 0 Å². The summed E-state index contributed by atoms with van der Waals surface area (Å²) in [7, 11) is 2.19. The van der Waals surface area contributed by atoms with Crippen LogP contribution in [0.15, 0.2) is 53.3 Å². The number of likely N-dealkylation sites (N-methyl/N-ethyl adjacent to an activating group) is 1. The quantitative estimate of drug-likeness (QED) is 0.905. The molecular formula is C20H28N4. The molecule has 1 fully saturated rings. The number of nitrogens with two attached hydrogens (primary N) is 1. The zero-order valence-electron chi connectivity index (χ0n) is 14.6. The lowest BCUT2D eigenvalue weighted by Crippen LogP contribution is -2.43. The molecule has 0 amide bonds. The molecule has 0 spiro atoms. The van der Waals surface area contributed by atoms with Crippen molar-refractivity contribution >= 4 is 5.71 Å². The summed E-state index contributed by atoms with van der Waals surface area (Å²) in [4.78, 5) is 9.60. The number of hydrogen-bond acceptors (Lipinski definition) is 4. The predicted molar refractivity (Wildman–Crippen MR) is 101 cm³/mol. The van der Waals surface area contributed by atoms with Crippen LogP contribution in [0.25, 0.3) is 0 Å². The van der Waals surface area contributed by atoms with Crippen molar-refractivity contribution in [3.8, 4) is 0 Å². The Hall–Kier alpha value is -1.91. The first-order valence-corrected chi connectivity index (χ1v) is 8.88. The minimum atomic E-state index is 0.607. The molecule has 0 atom stereocenters. The van der Waals surface area contributed by atoms with E-state index in [1.807, 2.05) is 0 Å². The number of nitrogens with zero attached hydrogens (tertiary/aromatic N) is 3. The van der Waals surface area contributed by atoms with Crippen LogP contribution in [0.2, 0.25) is 0 Å². The fourth-order valence-corrected chi connectivity index (χ4v) is 3.14. The maximum absolute atomic E-state index is 5.65. The number of piperazine rings is 1. The molecule has 3 rings (SSSR count). The zero-order valence-corrected chi connectivity index (χ0v) is 14.6. The van der Waals surface area contributed by atoms with Crippen LogP contribution in [0.5, 0.6) is 0 Å². The summed E-state index contributed by atoms with van der Waals surface area (Å²) in [6.07, 6.45) is 9.51. The number of benzene rings is 1. The van der Waals surface area contributed by atoms with Crippen LogP contribution < -0.4 is 5.73 Å². The monoisotopic (exact) mass is 324 g/mol. The lowest BCUT2D eigenvalue weighted by molar-refractivity contribution is 0.184. The average Bonchev–Trinajstić information content (AvgIpc) is 2.87. The van der Waals surface area contributed by atoms with Crippen LogP contribution >= 0.6 is 0 Å². The van der Waals surface area contributed by atoms with E-state index in [9.17, 15) is 0 Å². The van der Waals surface area contributed by atoms with Crippen molar-refractivity contribution in [3.05, 3.63) is 59.4 Å². The summed E-state index contributed by atoms with van der Waals surface area (Å²) < 4.78 is 0. The molecule has 2 heterocycles. The van der Waals surface area contributed by atoms with Crippen LogP contribution in [0.3, 0.4) is 0 Å². The first-order chi connectivity index (χ1) is 11.7. The molecule has 0 saturated carbocycles. The molecule has 128 valence electrons. The van der Waals surface area contributed by atoms with Gasteiger partial charge in [-0.25, -0.2) is 0 Å². The molecule has 1 aromatic rings. The molecule has 4 heteroatoms. The highest BCUT2D eigenvalue weighted by atomic mass is 15.3. The number of aliphatic imine (C=N–C) groups is 1. The molecule has 4 nitrogen and oxygen atoms in total. The highest BCUT2D eigenvalue weighted by molar-refractivity contribution is 5.95. The van der Waals surface area contributed by atoms with Gasteiger partial charge in [0, 0.05) is 56.8 Å². The van der Waals surface area contributed by atoms with Gasteiger partial charge in [-0.3, -0.25) is 4.99 Å². The highest BCUT2D eigenvalue weighted by Crippen LogP contribution is 2.16. The third-order valence-electron chi connectivity index (χ3n) is 4.85. The predicted octanol–water partition coefficient (Wildman–Crippen LogP) is 2.57. The van der Waals surface area contributed by atoms with E-state index in [-0.39, 0.29) is 0 Å². The van der Waals surface area contributed by atoms with E-state index in [1.165, 1.54) is 22.5 Å². The normalized spacial score (nSPS) is 19.0. The van der Waals surface area contributed by atoms with E-state index in [2.05, 4.69) is 59.5 Å². The maximum atomic E-state index is 5.65. The third-order valence-corrected chi connectivity index (χ3v) is 4.85. The summed E-state index contributed by atoms with van der Waals surface area (Å²) in [5.41, 5.74) is 10.7. The van der Waals surface area contributed by atoms with Crippen molar-refractivity contribution in [3.63, 3.8) is 0 Å².